The highest BCUT2D eigenvalue weighted by Gasteiger charge is 2.52. The Labute approximate surface area is 229 Å². The van der Waals surface area contributed by atoms with Gasteiger partial charge in [-0.2, -0.15) is 0 Å². The first-order chi connectivity index (χ1) is 18.4. The third-order valence-corrected chi connectivity index (χ3v) is 9.29. The minimum absolute atomic E-state index is 0.143. The van der Waals surface area contributed by atoms with Crippen LogP contribution in [0.5, 0.6) is 5.75 Å². The minimum Gasteiger partial charge on any atom is -0.465 e. The Bertz CT molecular complexity index is 1330. The molecule has 0 aliphatic heterocycles. The molecule has 0 aromatic heterocycles. The smallest absolute Gasteiger partial charge is 0.339 e. The van der Waals surface area contributed by atoms with E-state index in [9.17, 15) is 4.79 Å². The number of methoxy groups -OCH3 is 2. The van der Waals surface area contributed by atoms with Crippen molar-refractivity contribution < 1.29 is 23.7 Å². The molecule has 0 radical (unpaired) electrons. The van der Waals surface area contributed by atoms with Crippen LogP contribution >= 0.6 is 11.6 Å². The van der Waals surface area contributed by atoms with Gasteiger partial charge in [-0.15, -0.1) is 0 Å². The predicted molar refractivity (Wildman–Crippen MR) is 149 cm³/mol. The molecule has 0 spiro atoms. The Balaban J connectivity index is 1.44. The van der Waals surface area contributed by atoms with Gasteiger partial charge in [-0.3, -0.25) is 0 Å². The van der Waals surface area contributed by atoms with E-state index in [-0.39, 0.29) is 5.41 Å². The molecule has 0 N–H and O–H groups in total. The summed E-state index contributed by atoms with van der Waals surface area (Å²) in [5.74, 6) is 2.89. The second kappa shape index (κ2) is 10.2. The molecule has 4 bridgehead atoms. The Morgan fingerprint density at radius 1 is 0.921 bits per heavy atom. The van der Waals surface area contributed by atoms with Gasteiger partial charge in [0.1, 0.15) is 5.75 Å². The average Bonchev–Trinajstić information content (AvgIpc) is 2.91. The summed E-state index contributed by atoms with van der Waals surface area (Å²) in [4.78, 5) is 12.0. The van der Waals surface area contributed by atoms with Crippen LogP contribution < -0.4 is 4.74 Å². The summed E-state index contributed by atoms with van der Waals surface area (Å²) in [6.07, 6.45) is 7.85. The van der Waals surface area contributed by atoms with Crippen molar-refractivity contribution in [3.05, 3.63) is 64.7 Å². The molecule has 200 valence electrons. The number of halogens is 1. The van der Waals surface area contributed by atoms with Gasteiger partial charge in [0.05, 0.1) is 24.3 Å². The van der Waals surface area contributed by atoms with E-state index >= 15 is 0 Å². The van der Waals surface area contributed by atoms with Crippen molar-refractivity contribution in [3.63, 3.8) is 0 Å². The van der Waals surface area contributed by atoms with E-state index in [0.717, 1.165) is 40.0 Å². The number of benzene rings is 3. The zero-order chi connectivity index (χ0) is 26.4. The summed E-state index contributed by atoms with van der Waals surface area (Å²) in [6, 6.07) is 16.4. The summed E-state index contributed by atoms with van der Waals surface area (Å²) in [5, 5.41) is 2.65. The van der Waals surface area contributed by atoms with E-state index in [1.54, 1.807) is 13.2 Å². The van der Waals surface area contributed by atoms with Crippen LogP contribution in [0.3, 0.4) is 0 Å². The largest absolute Gasteiger partial charge is 0.465 e. The summed E-state index contributed by atoms with van der Waals surface area (Å²) in [6.45, 7) is 1.72. The summed E-state index contributed by atoms with van der Waals surface area (Å²) < 4.78 is 22.5. The van der Waals surface area contributed by atoms with E-state index in [2.05, 4.69) is 30.3 Å². The summed E-state index contributed by atoms with van der Waals surface area (Å²) in [7, 11) is 2.98. The van der Waals surface area contributed by atoms with Crippen LogP contribution in [0.2, 0.25) is 5.02 Å². The highest BCUT2D eigenvalue weighted by atomic mass is 35.5. The molecule has 38 heavy (non-hydrogen) atoms. The molecule has 1 atom stereocenters. The Morgan fingerprint density at radius 2 is 1.58 bits per heavy atom. The van der Waals surface area contributed by atoms with Gasteiger partial charge in [0, 0.05) is 12.7 Å². The maximum atomic E-state index is 12.0. The van der Waals surface area contributed by atoms with Gasteiger partial charge in [0.25, 0.3) is 0 Å². The molecule has 3 aromatic carbocycles. The fraction of sp³-hybridized carbons (Fsp3) is 0.469. The third-order valence-electron chi connectivity index (χ3n) is 8.97. The van der Waals surface area contributed by atoms with E-state index in [4.69, 9.17) is 30.5 Å². The molecule has 1 unspecified atom stereocenters. The fourth-order valence-corrected chi connectivity index (χ4v) is 8.03. The van der Waals surface area contributed by atoms with E-state index < -0.39 is 12.4 Å². The fourth-order valence-electron chi connectivity index (χ4n) is 7.77. The van der Waals surface area contributed by atoms with Gasteiger partial charge in [-0.05, 0) is 121 Å². The molecule has 3 aromatic rings. The first-order valence-corrected chi connectivity index (χ1v) is 14.1. The van der Waals surface area contributed by atoms with Crippen LogP contribution in [0, 0.1) is 17.8 Å². The molecule has 0 heterocycles. The molecule has 0 saturated heterocycles. The lowest BCUT2D eigenvalue weighted by Gasteiger charge is -2.57. The first-order valence-electron chi connectivity index (χ1n) is 13.7. The third kappa shape index (κ3) is 4.59. The van der Waals surface area contributed by atoms with Gasteiger partial charge in [0.2, 0.25) is 0 Å². The lowest BCUT2D eigenvalue weighted by atomic mass is 9.48. The second-order valence-corrected chi connectivity index (χ2v) is 11.8. The van der Waals surface area contributed by atoms with Gasteiger partial charge >= 0.3 is 12.4 Å². The topological polar surface area (TPSA) is 54.0 Å². The van der Waals surface area contributed by atoms with Crippen molar-refractivity contribution in [2.75, 3.05) is 20.8 Å². The normalized spacial score (nSPS) is 26.5. The van der Waals surface area contributed by atoms with Crippen LogP contribution in [0.1, 0.15) is 61.4 Å². The van der Waals surface area contributed by atoms with Crippen molar-refractivity contribution in [1.82, 2.24) is 0 Å². The quantitative estimate of drug-likeness (QED) is 0.218. The summed E-state index contributed by atoms with van der Waals surface area (Å²) in [5.41, 5.74) is 3.81. The van der Waals surface area contributed by atoms with Gasteiger partial charge < -0.3 is 18.9 Å². The standard InChI is InChI=1S/C32H35ClO5/c1-4-37-31(36-3)38-29-15-24-6-5-22(23-7-8-26(28(33)14-23)30(34)35-2)12-25(24)13-27(29)32-16-19-9-20(17-32)11-21(10-19)18-32/h5-8,12-15,19-21,31H,4,9-11,16-18H2,1-3H3. The maximum Gasteiger partial charge on any atom is 0.339 e. The number of hydrogen-bond donors (Lipinski definition) is 0. The number of carbonyl (C=O) groups is 1. The van der Waals surface area contributed by atoms with Gasteiger partial charge in [-0.25, -0.2) is 4.79 Å². The maximum absolute atomic E-state index is 12.0. The highest BCUT2D eigenvalue weighted by Crippen LogP contribution is 2.62. The van der Waals surface area contributed by atoms with Crippen LogP contribution in [0.4, 0.5) is 0 Å². The van der Waals surface area contributed by atoms with Crippen LogP contribution in [-0.2, 0) is 19.6 Å². The van der Waals surface area contributed by atoms with Crippen molar-refractivity contribution in [2.45, 2.75) is 57.3 Å². The molecule has 4 aliphatic rings. The molecular formula is C32H35ClO5. The molecule has 4 fully saturated rings. The molecule has 7 rings (SSSR count). The molecule has 4 aliphatic carbocycles. The van der Waals surface area contributed by atoms with Crippen LogP contribution in [0.15, 0.2) is 48.5 Å². The minimum atomic E-state index is -0.736. The number of ether oxygens (including phenoxy) is 4. The molecule has 0 amide bonds. The van der Waals surface area contributed by atoms with E-state index in [1.807, 2.05) is 19.1 Å². The zero-order valence-electron chi connectivity index (χ0n) is 22.3. The van der Waals surface area contributed by atoms with E-state index in [1.165, 1.54) is 56.6 Å². The SMILES string of the molecule is CCOC(OC)Oc1cc2ccc(-c3ccc(C(=O)OC)c(Cl)c3)cc2cc1C12CC3CC(CC(C3)C1)C2. The van der Waals surface area contributed by atoms with Crippen molar-refractivity contribution >= 4 is 28.3 Å². The molecular weight excluding hydrogens is 500 g/mol. The Kier molecular flexibility index (Phi) is 6.88. The van der Waals surface area contributed by atoms with Crippen molar-refractivity contribution in [3.8, 4) is 16.9 Å². The summed E-state index contributed by atoms with van der Waals surface area (Å²) >= 11 is 6.44. The van der Waals surface area contributed by atoms with Crippen LogP contribution in [0.25, 0.3) is 21.9 Å². The van der Waals surface area contributed by atoms with Crippen molar-refractivity contribution in [2.24, 2.45) is 17.8 Å². The lowest BCUT2D eigenvalue weighted by Crippen LogP contribution is -2.48. The number of esters is 1. The van der Waals surface area contributed by atoms with Gasteiger partial charge in [0.15, 0.2) is 0 Å². The molecule has 4 saturated carbocycles. The average molecular weight is 535 g/mol. The Hall–Kier alpha value is -2.60. The van der Waals surface area contributed by atoms with E-state index in [0.29, 0.717) is 17.2 Å². The second-order valence-electron chi connectivity index (χ2n) is 11.4. The molecule has 6 heteroatoms. The van der Waals surface area contributed by atoms with Crippen LogP contribution in [-0.4, -0.2) is 33.3 Å². The number of carbonyl (C=O) groups excluding carboxylic acids is 1. The predicted octanol–water partition coefficient (Wildman–Crippen LogP) is 7.76. The van der Waals surface area contributed by atoms with Crippen molar-refractivity contribution in [1.29, 1.82) is 0 Å². The number of hydrogen-bond acceptors (Lipinski definition) is 5. The number of rotatable bonds is 8. The highest BCUT2D eigenvalue weighted by molar-refractivity contribution is 6.33. The monoisotopic (exact) mass is 534 g/mol. The molecule has 5 nitrogen and oxygen atoms in total. The first kappa shape index (κ1) is 25.7. The zero-order valence-corrected chi connectivity index (χ0v) is 23.1. The Morgan fingerprint density at radius 3 is 2.18 bits per heavy atom. The number of fused-ring (bicyclic) bond motifs is 1. The van der Waals surface area contributed by atoms with Gasteiger partial charge in [-0.1, -0.05) is 29.8 Å². The lowest BCUT2D eigenvalue weighted by molar-refractivity contribution is -0.231.